The summed E-state index contributed by atoms with van der Waals surface area (Å²) in [6, 6.07) is -0.869. The van der Waals surface area contributed by atoms with Gasteiger partial charge in [-0.25, -0.2) is 9.59 Å². The highest BCUT2D eigenvalue weighted by atomic mass is 16.6. The van der Waals surface area contributed by atoms with Gasteiger partial charge in [0.2, 0.25) is 0 Å². The average molecular weight is 502 g/mol. The maximum absolute atomic E-state index is 12.8. The molecule has 8 heteroatoms. The fourth-order valence-electron chi connectivity index (χ4n) is 4.01. The molecule has 0 aliphatic carbocycles. The Morgan fingerprint density at radius 2 is 1.43 bits per heavy atom. The smallest absolute Gasteiger partial charge is 0.407 e. The second-order valence-electron chi connectivity index (χ2n) is 11.8. The average Bonchev–Trinajstić information content (AvgIpc) is 2.73. The fraction of sp³-hybridized carbons (Fsp3) is 0.852. The van der Waals surface area contributed by atoms with Crippen LogP contribution in [0.4, 0.5) is 4.79 Å². The minimum Gasteiger partial charge on any atom is -0.456 e. The molecule has 206 valence electrons. The number of esters is 1. The summed E-state index contributed by atoms with van der Waals surface area (Å²) in [7, 11) is 0. The van der Waals surface area contributed by atoms with Crippen molar-refractivity contribution in [1.82, 2.24) is 5.32 Å². The Morgan fingerprint density at radius 3 is 1.86 bits per heavy atom. The van der Waals surface area contributed by atoms with E-state index in [1.54, 1.807) is 27.7 Å². The van der Waals surface area contributed by atoms with E-state index in [0.29, 0.717) is 12.8 Å². The van der Waals surface area contributed by atoms with Crippen LogP contribution in [0.5, 0.6) is 0 Å². The van der Waals surface area contributed by atoms with Crippen molar-refractivity contribution < 1.29 is 34.4 Å². The molecular formula is C27H51NO7. The van der Waals surface area contributed by atoms with Crippen molar-refractivity contribution >= 4 is 12.1 Å². The van der Waals surface area contributed by atoms with Gasteiger partial charge in [0, 0.05) is 11.3 Å². The van der Waals surface area contributed by atoms with E-state index >= 15 is 0 Å². The third-order valence-corrected chi connectivity index (χ3v) is 6.74. The van der Waals surface area contributed by atoms with Crippen LogP contribution in [-0.2, 0) is 14.3 Å². The highest BCUT2D eigenvalue weighted by Gasteiger charge is 2.39. The topological polar surface area (TPSA) is 125 Å². The lowest BCUT2D eigenvalue weighted by Crippen LogP contribution is -2.50. The second kappa shape index (κ2) is 13.6. The number of aliphatic hydroxyl groups excluding tert-OH is 3. The van der Waals surface area contributed by atoms with Crippen LogP contribution < -0.4 is 5.32 Å². The van der Waals surface area contributed by atoms with Crippen LogP contribution in [0.25, 0.3) is 0 Å². The summed E-state index contributed by atoms with van der Waals surface area (Å²) in [5.74, 6) is -1.04. The number of nitrogens with one attached hydrogen (secondary N) is 1. The Morgan fingerprint density at radius 1 is 0.914 bits per heavy atom. The first-order chi connectivity index (χ1) is 15.8. The summed E-state index contributed by atoms with van der Waals surface area (Å²) in [6.07, 6.45) is -3.53. The van der Waals surface area contributed by atoms with E-state index in [2.05, 4.69) is 5.32 Å². The van der Waals surface area contributed by atoms with Gasteiger partial charge in [-0.3, -0.25) is 0 Å². The minimum absolute atomic E-state index is 0.0999. The van der Waals surface area contributed by atoms with Crippen molar-refractivity contribution in [3.63, 3.8) is 0 Å². The van der Waals surface area contributed by atoms with E-state index in [1.807, 2.05) is 55.4 Å². The quantitative estimate of drug-likeness (QED) is 0.231. The van der Waals surface area contributed by atoms with Gasteiger partial charge >= 0.3 is 12.1 Å². The van der Waals surface area contributed by atoms with Gasteiger partial charge in [0.1, 0.15) is 11.7 Å². The van der Waals surface area contributed by atoms with Gasteiger partial charge in [-0.15, -0.1) is 0 Å². The van der Waals surface area contributed by atoms with E-state index in [9.17, 15) is 24.9 Å². The van der Waals surface area contributed by atoms with Gasteiger partial charge < -0.3 is 30.1 Å². The maximum Gasteiger partial charge on any atom is 0.407 e. The molecule has 0 aromatic carbocycles. The number of alkyl carbamates (subject to hydrolysis) is 1. The number of hydrogen-bond acceptors (Lipinski definition) is 7. The zero-order valence-corrected chi connectivity index (χ0v) is 23.9. The predicted octanol–water partition coefficient (Wildman–Crippen LogP) is 4.35. The number of amides is 1. The SMILES string of the molecule is CC[C@H](O)C(C)(C)[C@@H](O)[C@@H](C)/C(C)=C(\C)[C@H](C)OC(=O)C(O)C(CC(C)C)NC(=O)OC(C)(C)C. The molecule has 0 saturated heterocycles. The predicted molar refractivity (Wildman–Crippen MR) is 138 cm³/mol. The van der Waals surface area contributed by atoms with Crippen molar-refractivity contribution in [1.29, 1.82) is 0 Å². The van der Waals surface area contributed by atoms with Crippen LogP contribution in [0.2, 0.25) is 0 Å². The van der Waals surface area contributed by atoms with Crippen LogP contribution >= 0.6 is 0 Å². The van der Waals surface area contributed by atoms with Gasteiger partial charge in [-0.05, 0) is 65.9 Å². The lowest BCUT2D eigenvalue weighted by molar-refractivity contribution is -0.158. The Bertz CT molecular complexity index is 724. The largest absolute Gasteiger partial charge is 0.456 e. The second-order valence-corrected chi connectivity index (χ2v) is 11.8. The number of carbonyl (C=O) groups excluding carboxylic acids is 2. The van der Waals surface area contributed by atoms with Gasteiger partial charge in [0.15, 0.2) is 6.10 Å². The first kappa shape index (κ1) is 33.4. The number of ether oxygens (including phenoxy) is 2. The summed E-state index contributed by atoms with van der Waals surface area (Å²) in [6.45, 7) is 21.8. The Labute approximate surface area is 212 Å². The Hall–Kier alpha value is -1.64. The zero-order valence-electron chi connectivity index (χ0n) is 23.9. The lowest BCUT2D eigenvalue weighted by atomic mass is 9.72. The van der Waals surface area contributed by atoms with E-state index in [4.69, 9.17) is 9.47 Å². The number of aliphatic hydroxyl groups is 3. The van der Waals surface area contributed by atoms with Gasteiger partial charge in [0.05, 0.1) is 18.2 Å². The van der Waals surface area contributed by atoms with Crippen molar-refractivity contribution in [3.05, 3.63) is 11.1 Å². The molecule has 0 bridgehead atoms. The molecule has 0 aromatic rings. The van der Waals surface area contributed by atoms with Gasteiger partial charge in [-0.1, -0.05) is 47.1 Å². The molecule has 0 aromatic heterocycles. The summed E-state index contributed by atoms with van der Waals surface area (Å²) in [5.41, 5.74) is 0.159. The molecule has 0 heterocycles. The van der Waals surface area contributed by atoms with Crippen LogP contribution in [0.15, 0.2) is 11.1 Å². The van der Waals surface area contributed by atoms with Gasteiger partial charge in [-0.2, -0.15) is 0 Å². The molecule has 2 unspecified atom stereocenters. The molecule has 0 aliphatic heterocycles. The van der Waals surface area contributed by atoms with Crippen LogP contribution in [0.3, 0.4) is 0 Å². The Balaban J connectivity index is 5.52. The lowest BCUT2D eigenvalue weighted by Gasteiger charge is -2.39. The molecule has 8 nitrogen and oxygen atoms in total. The molecule has 0 aliphatic rings. The Kier molecular flexibility index (Phi) is 13.0. The van der Waals surface area contributed by atoms with E-state index in [0.717, 1.165) is 11.1 Å². The summed E-state index contributed by atoms with van der Waals surface area (Å²) in [4.78, 5) is 25.0. The van der Waals surface area contributed by atoms with Crippen molar-refractivity contribution in [3.8, 4) is 0 Å². The summed E-state index contributed by atoms with van der Waals surface area (Å²) < 4.78 is 10.8. The molecule has 0 fully saturated rings. The third kappa shape index (κ3) is 10.5. The summed E-state index contributed by atoms with van der Waals surface area (Å²) >= 11 is 0. The molecule has 1 amide bonds. The standard InChI is InChI=1S/C27H51NO7/c1-13-21(29)27(11,12)23(31)18(6)16(4)17(5)19(7)34-24(32)22(30)20(14-15(2)3)28-25(33)35-26(8,9)10/h15,18-23,29-31H,13-14H2,1-12H3,(H,28,33)/b17-16+/t18-,19-,20?,21-,22?,23-/m0/s1. The number of hydrogen-bond donors (Lipinski definition) is 4. The molecule has 0 spiro atoms. The molecule has 0 saturated carbocycles. The minimum atomic E-state index is -1.57. The van der Waals surface area contributed by atoms with E-state index in [1.165, 1.54) is 0 Å². The molecule has 6 atom stereocenters. The third-order valence-electron chi connectivity index (χ3n) is 6.74. The van der Waals surface area contributed by atoms with Crippen LogP contribution in [-0.4, -0.2) is 63.4 Å². The van der Waals surface area contributed by atoms with Gasteiger partial charge in [0.25, 0.3) is 0 Å². The molecule has 0 radical (unpaired) electrons. The number of rotatable bonds is 12. The number of carbonyl (C=O) groups is 2. The molecule has 0 rings (SSSR count). The van der Waals surface area contributed by atoms with E-state index in [-0.39, 0.29) is 11.8 Å². The summed E-state index contributed by atoms with van der Waals surface area (Å²) in [5, 5.41) is 34.6. The first-order valence-electron chi connectivity index (χ1n) is 12.7. The zero-order chi connectivity index (χ0) is 27.9. The van der Waals surface area contributed by atoms with Crippen molar-refractivity contribution in [2.45, 2.75) is 132 Å². The maximum atomic E-state index is 12.8. The molecule has 35 heavy (non-hydrogen) atoms. The van der Waals surface area contributed by atoms with Crippen LogP contribution in [0, 0.1) is 17.3 Å². The fourth-order valence-corrected chi connectivity index (χ4v) is 4.01. The highest BCUT2D eigenvalue weighted by Crippen LogP contribution is 2.35. The normalized spacial score (nSPS) is 18.6. The molecular weight excluding hydrogens is 450 g/mol. The van der Waals surface area contributed by atoms with Crippen molar-refractivity contribution in [2.75, 3.05) is 0 Å². The first-order valence-corrected chi connectivity index (χ1v) is 12.7. The van der Waals surface area contributed by atoms with Crippen molar-refractivity contribution in [2.24, 2.45) is 17.3 Å². The van der Waals surface area contributed by atoms with Crippen LogP contribution in [0.1, 0.15) is 95.9 Å². The van der Waals surface area contributed by atoms with E-state index < -0.39 is 53.5 Å². The molecule has 4 N–H and O–H groups in total. The monoisotopic (exact) mass is 501 g/mol. The highest BCUT2D eigenvalue weighted by molar-refractivity contribution is 5.77.